The molecule has 4 heterocycles. The fourth-order valence-corrected chi connectivity index (χ4v) is 4.34. The summed E-state index contributed by atoms with van der Waals surface area (Å²) in [5.74, 6) is 2.89. The van der Waals surface area contributed by atoms with Crippen molar-refractivity contribution in [2.45, 2.75) is 64.2 Å². The molecule has 10 heteroatoms. The molecule has 0 radical (unpaired) electrons. The standard InChI is InChI=1S/C26H32N8O2/c1-5-7-13-26(30-31-26)14-11-22(35)34(18-20-12-17-32(4)29-20)24(25(36)27-15-6-2)23-21-10-8-9-16-33(21)19(3)28-23/h1,8-10,12,16-17,24H,6-7,11,13-15,18H2,2-4H3,(H,27,36). The second-order valence-corrected chi connectivity index (χ2v) is 9.08. The van der Waals surface area contributed by atoms with Gasteiger partial charge in [0.25, 0.3) is 0 Å². The fraction of sp³-hybridized carbons (Fsp3) is 0.462. The summed E-state index contributed by atoms with van der Waals surface area (Å²) < 4.78 is 3.60. The third-order valence-corrected chi connectivity index (χ3v) is 6.33. The van der Waals surface area contributed by atoms with E-state index >= 15 is 0 Å². The van der Waals surface area contributed by atoms with Gasteiger partial charge in [-0.05, 0) is 31.5 Å². The van der Waals surface area contributed by atoms with Crippen LogP contribution in [0.3, 0.4) is 0 Å². The van der Waals surface area contributed by atoms with Crippen LogP contribution in [0.2, 0.25) is 0 Å². The molecular weight excluding hydrogens is 456 g/mol. The van der Waals surface area contributed by atoms with Crippen LogP contribution in [0.4, 0.5) is 0 Å². The lowest BCUT2D eigenvalue weighted by Crippen LogP contribution is -2.44. The summed E-state index contributed by atoms with van der Waals surface area (Å²) in [5.41, 5.74) is 1.41. The van der Waals surface area contributed by atoms with Crippen molar-refractivity contribution in [3.8, 4) is 12.3 Å². The summed E-state index contributed by atoms with van der Waals surface area (Å²) in [6.07, 6.45) is 11.7. The summed E-state index contributed by atoms with van der Waals surface area (Å²) in [4.78, 5) is 33.7. The van der Waals surface area contributed by atoms with Gasteiger partial charge < -0.3 is 14.6 Å². The zero-order valence-electron chi connectivity index (χ0n) is 21.0. The van der Waals surface area contributed by atoms with Crippen LogP contribution in [0.5, 0.6) is 0 Å². The van der Waals surface area contributed by atoms with Crippen LogP contribution in [0.25, 0.3) is 5.52 Å². The van der Waals surface area contributed by atoms with Gasteiger partial charge in [0.1, 0.15) is 5.82 Å². The molecule has 1 aliphatic rings. The number of fused-ring (bicyclic) bond motifs is 1. The molecular formula is C26H32N8O2. The summed E-state index contributed by atoms with van der Waals surface area (Å²) in [5, 5.41) is 15.8. The van der Waals surface area contributed by atoms with E-state index in [2.05, 4.69) is 26.6 Å². The molecule has 0 fully saturated rings. The number of imidazole rings is 1. The molecule has 0 bridgehead atoms. The monoisotopic (exact) mass is 488 g/mol. The molecule has 188 valence electrons. The van der Waals surface area contributed by atoms with Crippen LogP contribution in [0.15, 0.2) is 46.9 Å². The molecule has 0 saturated heterocycles. The van der Waals surface area contributed by atoms with Gasteiger partial charge in [0, 0.05) is 51.7 Å². The number of carbonyl (C=O) groups is 2. The Morgan fingerprint density at radius 2 is 2.03 bits per heavy atom. The number of hydrogen-bond donors (Lipinski definition) is 1. The quantitative estimate of drug-likeness (QED) is 0.394. The Labute approximate surface area is 210 Å². The summed E-state index contributed by atoms with van der Waals surface area (Å²) >= 11 is 0. The topological polar surface area (TPSA) is 109 Å². The third-order valence-electron chi connectivity index (χ3n) is 6.33. The lowest BCUT2D eigenvalue weighted by molar-refractivity contribution is -0.142. The highest BCUT2D eigenvalue weighted by atomic mass is 16.2. The normalized spacial score (nSPS) is 14.4. The molecule has 1 atom stereocenters. The summed E-state index contributed by atoms with van der Waals surface area (Å²) in [6.45, 7) is 4.54. The van der Waals surface area contributed by atoms with Crippen molar-refractivity contribution in [2.75, 3.05) is 6.54 Å². The average Bonchev–Trinajstić information content (AvgIpc) is 3.42. The van der Waals surface area contributed by atoms with Gasteiger partial charge in [-0.2, -0.15) is 15.3 Å². The molecule has 0 aliphatic carbocycles. The van der Waals surface area contributed by atoms with Crippen molar-refractivity contribution in [1.82, 2.24) is 29.4 Å². The van der Waals surface area contributed by atoms with Crippen molar-refractivity contribution in [3.05, 3.63) is 53.9 Å². The number of hydrogen-bond acceptors (Lipinski definition) is 6. The number of pyridine rings is 1. The molecule has 0 aromatic carbocycles. The first-order valence-electron chi connectivity index (χ1n) is 12.2. The number of nitrogens with zero attached hydrogens (tertiary/aromatic N) is 7. The number of carbonyl (C=O) groups excluding carboxylic acids is 2. The van der Waals surface area contributed by atoms with Gasteiger partial charge in [0.2, 0.25) is 11.8 Å². The molecule has 3 aromatic heterocycles. The lowest BCUT2D eigenvalue weighted by Gasteiger charge is -2.30. The molecule has 1 unspecified atom stereocenters. The smallest absolute Gasteiger partial charge is 0.249 e. The van der Waals surface area contributed by atoms with E-state index in [9.17, 15) is 9.59 Å². The maximum Gasteiger partial charge on any atom is 0.249 e. The summed E-state index contributed by atoms with van der Waals surface area (Å²) in [7, 11) is 1.82. The van der Waals surface area contributed by atoms with Gasteiger partial charge in [0.15, 0.2) is 11.7 Å². The molecule has 10 nitrogen and oxygen atoms in total. The predicted molar refractivity (Wildman–Crippen MR) is 135 cm³/mol. The predicted octanol–water partition coefficient (Wildman–Crippen LogP) is 3.33. The number of aryl methyl sites for hydroxylation is 2. The Morgan fingerprint density at radius 1 is 1.22 bits per heavy atom. The first-order chi connectivity index (χ1) is 17.4. The highest BCUT2D eigenvalue weighted by Crippen LogP contribution is 2.38. The molecule has 0 spiro atoms. The number of nitrogens with one attached hydrogen (secondary N) is 1. The van der Waals surface area contributed by atoms with Crippen molar-refractivity contribution < 1.29 is 9.59 Å². The largest absolute Gasteiger partial charge is 0.354 e. The van der Waals surface area contributed by atoms with Crippen molar-refractivity contribution in [3.63, 3.8) is 0 Å². The lowest BCUT2D eigenvalue weighted by atomic mass is 10.0. The van der Waals surface area contributed by atoms with Gasteiger partial charge >= 0.3 is 0 Å². The number of rotatable bonds is 12. The molecule has 4 rings (SSSR count). The van der Waals surface area contributed by atoms with Crippen LogP contribution < -0.4 is 5.32 Å². The third kappa shape index (κ3) is 5.46. The molecule has 0 saturated carbocycles. The number of aromatic nitrogens is 4. The molecule has 1 N–H and O–H groups in total. The molecule has 36 heavy (non-hydrogen) atoms. The van der Waals surface area contributed by atoms with Crippen LogP contribution in [-0.4, -0.2) is 48.1 Å². The zero-order chi connectivity index (χ0) is 25.7. The van der Waals surface area contributed by atoms with E-state index in [4.69, 9.17) is 11.4 Å². The Hall–Kier alpha value is -4.00. The Kier molecular flexibility index (Phi) is 7.48. The average molecular weight is 489 g/mol. The van der Waals surface area contributed by atoms with Crippen LogP contribution in [-0.2, 0) is 23.2 Å². The fourth-order valence-electron chi connectivity index (χ4n) is 4.34. The van der Waals surface area contributed by atoms with Crippen LogP contribution in [0.1, 0.15) is 62.3 Å². The summed E-state index contributed by atoms with van der Waals surface area (Å²) in [6, 6.07) is 6.64. The number of terminal acetylenes is 1. The highest BCUT2D eigenvalue weighted by molar-refractivity contribution is 5.90. The van der Waals surface area contributed by atoms with Crippen molar-refractivity contribution in [1.29, 1.82) is 0 Å². The minimum absolute atomic E-state index is 0.167. The van der Waals surface area contributed by atoms with Gasteiger partial charge in [-0.1, -0.05) is 13.0 Å². The van der Waals surface area contributed by atoms with Crippen LogP contribution in [0, 0.1) is 19.3 Å². The van der Waals surface area contributed by atoms with E-state index in [0.29, 0.717) is 37.2 Å². The van der Waals surface area contributed by atoms with E-state index < -0.39 is 11.7 Å². The first kappa shape index (κ1) is 25.1. The Bertz CT molecular complexity index is 1310. The second kappa shape index (κ2) is 10.7. The molecule has 2 amide bonds. The van der Waals surface area contributed by atoms with Crippen LogP contribution >= 0.6 is 0 Å². The minimum Gasteiger partial charge on any atom is -0.354 e. The Morgan fingerprint density at radius 3 is 2.69 bits per heavy atom. The highest BCUT2D eigenvalue weighted by Gasteiger charge is 2.41. The van der Waals surface area contributed by atoms with E-state index in [0.717, 1.165) is 17.8 Å². The number of amides is 2. The van der Waals surface area contributed by atoms with E-state index in [1.54, 1.807) is 9.58 Å². The van der Waals surface area contributed by atoms with Gasteiger partial charge in [-0.25, -0.2) is 4.98 Å². The maximum absolute atomic E-state index is 13.8. The van der Waals surface area contributed by atoms with Gasteiger partial charge in [-0.15, -0.1) is 12.3 Å². The maximum atomic E-state index is 13.8. The Balaban J connectivity index is 1.70. The molecule has 1 aliphatic heterocycles. The van der Waals surface area contributed by atoms with Gasteiger partial charge in [0.05, 0.1) is 23.4 Å². The van der Waals surface area contributed by atoms with Crippen molar-refractivity contribution in [2.24, 2.45) is 17.3 Å². The van der Waals surface area contributed by atoms with Crippen molar-refractivity contribution >= 4 is 17.3 Å². The van der Waals surface area contributed by atoms with E-state index in [1.165, 1.54) is 0 Å². The van der Waals surface area contributed by atoms with E-state index in [1.807, 2.05) is 62.0 Å². The molecule has 3 aromatic rings. The SMILES string of the molecule is C#CCCC1(CCC(=O)N(Cc2ccn(C)n2)C(C(=O)NCCC)c2nc(C)n3ccccc23)N=N1. The first-order valence-corrected chi connectivity index (χ1v) is 12.2. The van der Waals surface area contributed by atoms with E-state index in [-0.39, 0.29) is 24.8 Å². The van der Waals surface area contributed by atoms with Gasteiger partial charge in [-0.3, -0.25) is 14.3 Å². The zero-order valence-corrected chi connectivity index (χ0v) is 21.0. The second-order valence-electron chi connectivity index (χ2n) is 9.08. The minimum atomic E-state index is -0.924.